The first kappa shape index (κ1) is 15.7. The number of aryl methyl sites for hydroxylation is 2. The molecule has 2 rings (SSSR count). The van der Waals surface area contributed by atoms with Crippen molar-refractivity contribution in [2.45, 2.75) is 24.9 Å². The first-order valence-corrected chi connectivity index (χ1v) is 6.91. The second-order valence-corrected chi connectivity index (χ2v) is 5.55. The van der Waals surface area contributed by atoms with E-state index in [4.69, 9.17) is 0 Å². The lowest BCUT2D eigenvalue weighted by Crippen LogP contribution is -2.11. The predicted molar refractivity (Wildman–Crippen MR) is 71.4 cm³/mol. The highest BCUT2D eigenvalue weighted by atomic mass is 32.2. The molecule has 0 spiro atoms. The Bertz CT molecular complexity index is 667. The largest absolute Gasteiger partial charge is 0.492 e. The minimum Gasteiger partial charge on any atom is -0.492 e. The summed E-state index contributed by atoms with van der Waals surface area (Å²) in [6.45, 7) is 3.15. The van der Waals surface area contributed by atoms with Gasteiger partial charge in [-0.1, -0.05) is 0 Å². The predicted octanol–water partition coefficient (Wildman–Crippen LogP) is 3.99. The van der Waals surface area contributed by atoms with Crippen molar-refractivity contribution in [3.63, 3.8) is 0 Å². The number of aromatic nitrogens is 2. The average molecular weight is 320 g/mol. The Hall–Kier alpha value is -1.70. The van der Waals surface area contributed by atoms with Gasteiger partial charge in [-0.05, 0) is 31.5 Å². The molecule has 1 aromatic carbocycles. The van der Waals surface area contributed by atoms with Gasteiger partial charge < -0.3 is 5.11 Å². The monoisotopic (exact) mass is 320 g/mol. The van der Waals surface area contributed by atoms with E-state index in [1.807, 2.05) is 0 Å². The fraction of sp³-hybridized carbons (Fsp3) is 0.308. The standard InChI is InChI=1S/C13H12F4N2OS/c1-7-3-9(14)10(19-8(2)4-12(20)18-19)5-11(7)21-6-13(15,16)17/h3-5H,6H2,1-2H3,(H,18,20). The zero-order valence-electron chi connectivity index (χ0n) is 11.2. The van der Waals surface area contributed by atoms with Gasteiger partial charge in [0.1, 0.15) is 11.5 Å². The topological polar surface area (TPSA) is 38.0 Å². The molecule has 0 saturated carbocycles. The first-order valence-electron chi connectivity index (χ1n) is 5.93. The summed E-state index contributed by atoms with van der Waals surface area (Å²) in [6, 6.07) is 3.80. The van der Waals surface area contributed by atoms with Gasteiger partial charge in [-0.15, -0.1) is 16.9 Å². The molecule has 0 unspecified atom stereocenters. The van der Waals surface area contributed by atoms with Crippen LogP contribution in [0.25, 0.3) is 5.69 Å². The van der Waals surface area contributed by atoms with E-state index in [1.165, 1.54) is 12.1 Å². The molecule has 0 aliphatic heterocycles. The maximum Gasteiger partial charge on any atom is 0.398 e. The van der Waals surface area contributed by atoms with Crippen LogP contribution >= 0.6 is 11.8 Å². The smallest absolute Gasteiger partial charge is 0.398 e. The van der Waals surface area contributed by atoms with Crippen molar-refractivity contribution >= 4 is 11.8 Å². The molecule has 1 heterocycles. The maximum absolute atomic E-state index is 14.0. The van der Waals surface area contributed by atoms with Crippen molar-refractivity contribution in [2.24, 2.45) is 0 Å². The van der Waals surface area contributed by atoms with Crippen LogP contribution in [0.1, 0.15) is 11.3 Å². The third-order valence-corrected chi connectivity index (χ3v) is 3.96. The van der Waals surface area contributed by atoms with E-state index < -0.39 is 17.7 Å². The summed E-state index contributed by atoms with van der Waals surface area (Å²) in [5, 5.41) is 13.0. The molecule has 8 heteroatoms. The molecule has 21 heavy (non-hydrogen) atoms. The van der Waals surface area contributed by atoms with Crippen LogP contribution in [0.5, 0.6) is 5.88 Å². The number of nitrogens with zero attached hydrogens (tertiary/aromatic N) is 2. The van der Waals surface area contributed by atoms with E-state index in [1.54, 1.807) is 13.8 Å². The number of benzene rings is 1. The summed E-state index contributed by atoms with van der Waals surface area (Å²) in [5.74, 6) is -1.95. The quantitative estimate of drug-likeness (QED) is 0.686. The molecule has 0 radical (unpaired) electrons. The van der Waals surface area contributed by atoms with Gasteiger partial charge in [-0.2, -0.15) is 13.2 Å². The molecule has 0 fully saturated rings. The van der Waals surface area contributed by atoms with Crippen LogP contribution in [0.4, 0.5) is 17.6 Å². The van der Waals surface area contributed by atoms with Crippen molar-refractivity contribution in [3.8, 4) is 11.6 Å². The van der Waals surface area contributed by atoms with Gasteiger partial charge in [0.05, 0.1) is 5.75 Å². The summed E-state index contributed by atoms with van der Waals surface area (Å²) in [6.07, 6.45) is -4.30. The minimum atomic E-state index is -4.30. The number of halogens is 4. The zero-order valence-corrected chi connectivity index (χ0v) is 12.0. The van der Waals surface area contributed by atoms with Crippen molar-refractivity contribution in [3.05, 3.63) is 35.3 Å². The van der Waals surface area contributed by atoms with Crippen LogP contribution < -0.4 is 0 Å². The van der Waals surface area contributed by atoms with Gasteiger partial charge in [0.25, 0.3) is 0 Å². The number of aromatic hydroxyl groups is 1. The summed E-state index contributed by atoms with van der Waals surface area (Å²) >= 11 is 0.589. The van der Waals surface area contributed by atoms with Gasteiger partial charge in [0.15, 0.2) is 0 Å². The van der Waals surface area contributed by atoms with Crippen molar-refractivity contribution < 1.29 is 22.7 Å². The summed E-state index contributed by atoms with van der Waals surface area (Å²) < 4.78 is 52.1. The minimum absolute atomic E-state index is 0.00285. The van der Waals surface area contributed by atoms with E-state index in [0.29, 0.717) is 27.9 Å². The Morgan fingerprint density at radius 3 is 2.43 bits per heavy atom. The van der Waals surface area contributed by atoms with Crippen LogP contribution in [-0.4, -0.2) is 26.8 Å². The van der Waals surface area contributed by atoms with Gasteiger partial charge in [0, 0.05) is 16.7 Å². The average Bonchev–Trinajstić information content (AvgIpc) is 2.66. The number of alkyl halides is 3. The summed E-state index contributed by atoms with van der Waals surface area (Å²) in [5.41, 5.74) is 0.893. The molecule has 0 aliphatic rings. The Balaban J connectivity index is 2.41. The van der Waals surface area contributed by atoms with Crippen LogP contribution in [0.2, 0.25) is 0 Å². The number of hydrogen-bond acceptors (Lipinski definition) is 3. The lowest BCUT2D eigenvalue weighted by molar-refractivity contribution is -0.105. The van der Waals surface area contributed by atoms with E-state index in [0.717, 1.165) is 10.7 Å². The molecule has 0 atom stereocenters. The van der Waals surface area contributed by atoms with Crippen molar-refractivity contribution in [1.82, 2.24) is 9.78 Å². The van der Waals surface area contributed by atoms with E-state index in [2.05, 4.69) is 5.10 Å². The highest BCUT2D eigenvalue weighted by molar-refractivity contribution is 7.99. The van der Waals surface area contributed by atoms with Gasteiger partial charge in [-0.25, -0.2) is 9.07 Å². The normalized spacial score (nSPS) is 11.9. The first-order chi connectivity index (χ1) is 9.67. The Morgan fingerprint density at radius 2 is 1.90 bits per heavy atom. The SMILES string of the molecule is Cc1cc(F)c(-n2nc(O)cc2C)cc1SCC(F)(F)F. The fourth-order valence-corrected chi connectivity index (χ4v) is 2.62. The van der Waals surface area contributed by atoms with Crippen LogP contribution in [-0.2, 0) is 0 Å². The van der Waals surface area contributed by atoms with Crippen LogP contribution in [0.3, 0.4) is 0 Å². The number of thioether (sulfide) groups is 1. The third-order valence-electron chi connectivity index (χ3n) is 2.74. The van der Waals surface area contributed by atoms with Crippen molar-refractivity contribution in [1.29, 1.82) is 0 Å². The van der Waals surface area contributed by atoms with Gasteiger partial charge >= 0.3 is 6.18 Å². The lowest BCUT2D eigenvalue weighted by Gasteiger charge is -2.12. The molecule has 0 saturated heterocycles. The molecule has 1 N–H and O–H groups in total. The maximum atomic E-state index is 14.0. The highest BCUT2D eigenvalue weighted by Crippen LogP contribution is 2.32. The number of rotatable bonds is 3. The lowest BCUT2D eigenvalue weighted by atomic mass is 10.2. The van der Waals surface area contributed by atoms with Crippen LogP contribution in [0.15, 0.2) is 23.1 Å². The van der Waals surface area contributed by atoms with Crippen molar-refractivity contribution in [2.75, 3.05) is 5.75 Å². The Morgan fingerprint density at radius 1 is 1.24 bits per heavy atom. The molecule has 0 amide bonds. The molecule has 2 aromatic rings. The van der Waals surface area contributed by atoms with Gasteiger partial charge in [0.2, 0.25) is 5.88 Å². The fourth-order valence-electron chi connectivity index (χ4n) is 1.82. The Kier molecular flexibility index (Phi) is 4.18. The Labute approximate surface area is 122 Å². The molecular formula is C13H12F4N2OS. The highest BCUT2D eigenvalue weighted by Gasteiger charge is 2.28. The number of hydrogen-bond donors (Lipinski definition) is 1. The van der Waals surface area contributed by atoms with E-state index >= 15 is 0 Å². The molecule has 114 valence electrons. The van der Waals surface area contributed by atoms with Crippen LogP contribution in [0, 0.1) is 19.7 Å². The zero-order chi connectivity index (χ0) is 15.8. The molecule has 1 aromatic heterocycles. The van der Waals surface area contributed by atoms with Gasteiger partial charge in [-0.3, -0.25) is 0 Å². The molecule has 0 aliphatic carbocycles. The second kappa shape index (κ2) is 5.59. The molecule has 3 nitrogen and oxygen atoms in total. The van der Waals surface area contributed by atoms with E-state index in [-0.39, 0.29) is 11.6 Å². The van der Waals surface area contributed by atoms with E-state index in [9.17, 15) is 22.7 Å². The summed E-state index contributed by atoms with van der Waals surface area (Å²) in [4.78, 5) is 0.318. The third kappa shape index (κ3) is 3.69. The summed E-state index contributed by atoms with van der Waals surface area (Å²) in [7, 11) is 0. The molecular weight excluding hydrogens is 308 g/mol. The second-order valence-electron chi connectivity index (χ2n) is 4.53. The molecule has 0 bridgehead atoms.